The van der Waals surface area contributed by atoms with Crippen LogP contribution in [0.4, 0.5) is 11.8 Å². The summed E-state index contributed by atoms with van der Waals surface area (Å²) in [7, 11) is 3.57. The van der Waals surface area contributed by atoms with E-state index >= 15 is 0 Å². The first kappa shape index (κ1) is 12.9. The van der Waals surface area contributed by atoms with Crippen molar-refractivity contribution in [3.63, 3.8) is 0 Å². The van der Waals surface area contributed by atoms with Gasteiger partial charge >= 0.3 is 0 Å². The molecule has 0 saturated carbocycles. The highest BCUT2D eigenvalue weighted by molar-refractivity contribution is 5.44. The lowest BCUT2D eigenvalue weighted by atomic mass is 10.0. The van der Waals surface area contributed by atoms with E-state index in [0.717, 1.165) is 32.0 Å². The Kier molecular flexibility index (Phi) is 4.19. The fourth-order valence-corrected chi connectivity index (χ4v) is 2.16. The van der Waals surface area contributed by atoms with Gasteiger partial charge < -0.3 is 20.1 Å². The largest absolute Gasteiger partial charge is 0.481 e. The molecule has 100 valence electrons. The molecule has 0 aliphatic carbocycles. The summed E-state index contributed by atoms with van der Waals surface area (Å²) < 4.78 is 10.6. The minimum absolute atomic E-state index is 0.232. The minimum atomic E-state index is 0.232. The van der Waals surface area contributed by atoms with E-state index < -0.39 is 0 Å². The molecule has 18 heavy (non-hydrogen) atoms. The Morgan fingerprint density at radius 1 is 1.56 bits per heavy atom. The number of hydrogen-bond acceptors (Lipinski definition) is 6. The number of nitrogens with zero attached hydrogens (tertiary/aromatic N) is 3. The third-order valence-corrected chi connectivity index (χ3v) is 3.09. The summed E-state index contributed by atoms with van der Waals surface area (Å²) in [4.78, 5) is 10.3. The number of hydrogen-bond donors (Lipinski definition) is 1. The van der Waals surface area contributed by atoms with E-state index in [1.54, 1.807) is 13.2 Å². The molecule has 6 heteroatoms. The Balaban J connectivity index is 2.02. The Hall–Kier alpha value is -1.56. The van der Waals surface area contributed by atoms with Gasteiger partial charge in [0.25, 0.3) is 0 Å². The zero-order valence-electron chi connectivity index (χ0n) is 10.9. The Morgan fingerprint density at radius 2 is 2.39 bits per heavy atom. The number of nitrogen functional groups attached to an aromatic ring is 1. The molecule has 1 aliphatic rings. The SMILES string of the molecule is COc1cc(N(C)CC2CCCOC2)nc(N)n1. The van der Waals surface area contributed by atoms with Crippen molar-refractivity contribution in [1.82, 2.24) is 9.97 Å². The fourth-order valence-electron chi connectivity index (χ4n) is 2.16. The van der Waals surface area contributed by atoms with Gasteiger partial charge in [0.2, 0.25) is 11.8 Å². The van der Waals surface area contributed by atoms with Crippen LogP contribution in [0, 0.1) is 5.92 Å². The van der Waals surface area contributed by atoms with Crippen LogP contribution in [0.5, 0.6) is 5.88 Å². The third-order valence-electron chi connectivity index (χ3n) is 3.09. The summed E-state index contributed by atoms with van der Waals surface area (Å²) in [6, 6.07) is 1.79. The van der Waals surface area contributed by atoms with Gasteiger partial charge in [-0.25, -0.2) is 0 Å². The summed E-state index contributed by atoms with van der Waals surface area (Å²) in [6.07, 6.45) is 2.33. The highest BCUT2D eigenvalue weighted by atomic mass is 16.5. The predicted molar refractivity (Wildman–Crippen MR) is 69.8 cm³/mol. The summed E-state index contributed by atoms with van der Waals surface area (Å²) >= 11 is 0. The second-order valence-electron chi connectivity index (χ2n) is 4.59. The van der Waals surface area contributed by atoms with Crippen LogP contribution in [0.25, 0.3) is 0 Å². The normalized spacial score (nSPS) is 19.6. The molecule has 2 N–H and O–H groups in total. The van der Waals surface area contributed by atoms with Gasteiger partial charge in [-0.2, -0.15) is 9.97 Å². The van der Waals surface area contributed by atoms with Crippen LogP contribution in [0.1, 0.15) is 12.8 Å². The van der Waals surface area contributed by atoms with Crippen LogP contribution < -0.4 is 15.4 Å². The van der Waals surface area contributed by atoms with Gasteiger partial charge in [-0.15, -0.1) is 0 Å². The van der Waals surface area contributed by atoms with Crippen LogP contribution in [0.3, 0.4) is 0 Å². The lowest BCUT2D eigenvalue weighted by Crippen LogP contribution is -2.31. The molecule has 0 radical (unpaired) electrons. The van der Waals surface area contributed by atoms with Crippen LogP contribution in [0.2, 0.25) is 0 Å². The summed E-state index contributed by atoms with van der Waals surface area (Å²) in [6.45, 7) is 2.61. The number of nitrogens with two attached hydrogens (primary N) is 1. The van der Waals surface area contributed by atoms with Crippen molar-refractivity contribution in [2.24, 2.45) is 5.92 Å². The molecule has 0 aromatic carbocycles. The average Bonchev–Trinajstić information content (AvgIpc) is 2.39. The number of rotatable bonds is 4. The molecule has 6 nitrogen and oxygen atoms in total. The van der Waals surface area contributed by atoms with Crippen LogP contribution in [0.15, 0.2) is 6.07 Å². The Bertz CT molecular complexity index is 394. The van der Waals surface area contributed by atoms with Crippen LogP contribution in [-0.2, 0) is 4.74 Å². The molecule has 0 bridgehead atoms. The number of ether oxygens (including phenoxy) is 2. The van der Waals surface area contributed by atoms with Crippen LogP contribution >= 0.6 is 0 Å². The van der Waals surface area contributed by atoms with E-state index in [1.807, 2.05) is 7.05 Å². The molecule has 1 aromatic heterocycles. The van der Waals surface area contributed by atoms with Gasteiger partial charge in [0, 0.05) is 26.3 Å². The third kappa shape index (κ3) is 3.22. The summed E-state index contributed by atoms with van der Waals surface area (Å²) in [5, 5.41) is 0. The van der Waals surface area contributed by atoms with Crippen molar-refractivity contribution in [1.29, 1.82) is 0 Å². The molecule has 2 heterocycles. The molecule has 1 aliphatic heterocycles. The van der Waals surface area contributed by atoms with Crippen molar-refractivity contribution >= 4 is 11.8 Å². The van der Waals surface area contributed by atoms with Crippen LogP contribution in [-0.4, -0.2) is 43.9 Å². The van der Waals surface area contributed by atoms with Gasteiger partial charge in [-0.1, -0.05) is 0 Å². The van der Waals surface area contributed by atoms with Crippen molar-refractivity contribution in [3.05, 3.63) is 6.07 Å². The molecule has 0 spiro atoms. The Morgan fingerprint density at radius 3 is 3.06 bits per heavy atom. The zero-order chi connectivity index (χ0) is 13.0. The first-order chi connectivity index (χ1) is 8.69. The number of methoxy groups -OCH3 is 1. The standard InChI is InChI=1S/C12H20N4O2/c1-16(7-9-4-3-5-18-8-9)10-6-11(17-2)15-12(13)14-10/h6,9H,3-5,7-8H2,1-2H3,(H2,13,14,15). The summed E-state index contributed by atoms with van der Waals surface area (Å²) in [5.41, 5.74) is 5.65. The predicted octanol–water partition coefficient (Wildman–Crippen LogP) is 0.930. The van der Waals surface area contributed by atoms with E-state index in [-0.39, 0.29) is 5.95 Å². The molecule has 1 fully saturated rings. The molecule has 1 atom stereocenters. The monoisotopic (exact) mass is 252 g/mol. The average molecular weight is 252 g/mol. The fraction of sp³-hybridized carbons (Fsp3) is 0.667. The maximum Gasteiger partial charge on any atom is 0.225 e. The lowest BCUT2D eigenvalue weighted by molar-refractivity contribution is 0.0576. The molecular weight excluding hydrogens is 232 g/mol. The van der Waals surface area contributed by atoms with Gasteiger partial charge in [0.15, 0.2) is 0 Å². The first-order valence-electron chi connectivity index (χ1n) is 6.16. The molecular formula is C12H20N4O2. The van der Waals surface area contributed by atoms with Gasteiger partial charge in [0.1, 0.15) is 5.82 Å². The quantitative estimate of drug-likeness (QED) is 0.859. The maximum absolute atomic E-state index is 5.65. The van der Waals surface area contributed by atoms with E-state index in [4.69, 9.17) is 15.2 Å². The minimum Gasteiger partial charge on any atom is -0.481 e. The van der Waals surface area contributed by atoms with E-state index in [0.29, 0.717) is 11.8 Å². The van der Waals surface area contributed by atoms with Crippen molar-refractivity contribution in [2.75, 3.05) is 44.5 Å². The van der Waals surface area contributed by atoms with E-state index in [2.05, 4.69) is 14.9 Å². The highest BCUT2D eigenvalue weighted by Crippen LogP contribution is 2.20. The van der Waals surface area contributed by atoms with Gasteiger partial charge in [-0.05, 0) is 18.8 Å². The second kappa shape index (κ2) is 5.86. The van der Waals surface area contributed by atoms with Crippen molar-refractivity contribution < 1.29 is 9.47 Å². The smallest absolute Gasteiger partial charge is 0.225 e. The van der Waals surface area contributed by atoms with E-state index in [9.17, 15) is 0 Å². The number of anilines is 2. The summed E-state index contributed by atoms with van der Waals surface area (Å²) in [5.74, 6) is 2.05. The van der Waals surface area contributed by atoms with Gasteiger partial charge in [0.05, 0.1) is 13.7 Å². The zero-order valence-corrected chi connectivity index (χ0v) is 10.9. The molecule has 2 rings (SSSR count). The molecule has 0 amide bonds. The van der Waals surface area contributed by atoms with Crippen molar-refractivity contribution in [3.8, 4) is 5.88 Å². The molecule has 1 aromatic rings. The lowest BCUT2D eigenvalue weighted by Gasteiger charge is -2.27. The second-order valence-corrected chi connectivity index (χ2v) is 4.59. The molecule has 1 saturated heterocycles. The molecule has 1 unspecified atom stereocenters. The van der Waals surface area contributed by atoms with Crippen molar-refractivity contribution in [2.45, 2.75) is 12.8 Å². The van der Waals surface area contributed by atoms with Gasteiger partial charge in [-0.3, -0.25) is 0 Å². The topological polar surface area (TPSA) is 73.5 Å². The number of aromatic nitrogens is 2. The Labute approximate surface area is 107 Å². The highest BCUT2D eigenvalue weighted by Gasteiger charge is 2.17. The maximum atomic E-state index is 5.65. The first-order valence-corrected chi connectivity index (χ1v) is 6.16. The van der Waals surface area contributed by atoms with E-state index in [1.165, 1.54) is 6.42 Å².